The molecule has 23 nitrogen and oxygen atoms in total. The minimum atomic E-state index is -1.37. The number of aliphatic carboxylic acids is 4. The highest BCUT2D eigenvalue weighted by molar-refractivity contribution is 5.87. The van der Waals surface area contributed by atoms with Crippen LogP contribution in [0.5, 0.6) is 0 Å². The van der Waals surface area contributed by atoms with Crippen LogP contribution in [0, 0.1) is 17.8 Å². The molecule has 450 valence electrons. The van der Waals surface area contributed by atoms with Crippen LogP contribution in [0.25, 0.3) is 0 Å². The lowest BCUT2D eigenvalue weighted by molar-refractivity contribution is -0.145. The molecule has 0 aromatic rings. The Morgan fingerprint density at radius 3 is 1.31 bits per heavy atom. The van der Waals surface area contributed by atoms with E-state index in [0.717, 1.165) is 57.8 Å². The summed E-state index contributed by atoms with van der Waals surface area (Å²) in [7, 11) is 0. The van der Waals surface area contributed by atoms with E-state index in [1.165, 1.54) is 45.4 Å². The van der Waals surface area contributed by atoms with Crippen LogP contribution < -0.4 is 21.3 Å². The van der Waals surface area contributed by atoms with E-state index < -0.39 is 78.3 Å². The van der Waals surface area contributed by atoms with Crippen LogP contribution in [-0.4, -0.2) is 164 Å². The van der Waals surface area contributed by atoms with Gasteiger partial charge >= 0.3 is 23.9 Å². The molecule has 0 spiro atoms. The topological polar surface area (TPSA) is 354 Å². The summed E-state index contributed by atoms with van der Waals surface area (Å²) in [5, 5.41) is 47.6. The van der Waals surface area contributed by atoms with E-state index in [1.807, 2.05) is 6.92 Å². The molecule has 0 fully saturated rings. The summed E-state index contributed by atoms with van der Waals surface area (Å²) in [5.74, 6) is -9.12. The number of carboxylic acid groups (broad SMARTS) is 4. The first-order chi connectivity index (χ1) is 37.3. The standard InChI is InChI=1S/C55H94N4O19.H2/c1-41(42(2)60)19-17-18-28-56-49(64)27-24-47(55(73)74)59-50(65)26-23-44(54(71)72)38-46(62)39-77-35-33-76-32-30-58-51(66)40-78-36-34-75-31-29-57-48(63)25-22-43(53(69)70)37-45(61)20-15-13-11-9-7-5-3-4-6-8-10-12-14-16-21-52(67)68;/h41,43-44,47H,3-40H2,1-2H3,(H,56,64)(H,57,63)(H,58,66)(H,59,65)(H,67,68)(H,69,70)(H,71,72)(H,73,74);1H/t41-,43?,44+,47-;/m0./s1. The molecule has 8 N–H and O–H groups in total. The van der Waals surface area contributed by atoms with E-state index in [4.69, 9.17) is 24.1 Å². The van der Waals surface area contributed by atoms with Crippen molar-refractivity contribution in [3.63, 3.8) is 0 Å². The highest BCUT2D eigenvalue weighted by Crippen LogP contribution is 2.18. The van der Waals surface area contributed by atoms with Crippen molar-refractivity contribution in [2.75, 3.05) is 72.5 Å². The predicted octanol–water partition coefficient (Wildman–Crippen LogP) is 5.60. The van der Waals surface area contributed by atoms with Crippen LogP contribution in [0.2, 0.25) is 0 Å². The first-order valence-corrected chi connectivity index (χ1v) is 28.2. The van der Waals surface area contributed by atoms with Crippen molar-refractivity contribution in [3.05, 3.63) is 0 Å². The summed E-state index contributed by atoms with van der Waals surface area (Å²) in [6.07, 6.45) is 16.2. The third-order valence-corrected chi connectivity index (χ3v) is 12.9. The molecule has 0 aliphatic carbocycles. The van der Waals surface area contributed by atoms with E-state index in [2.05, 4.69) is 21.3 Å². The van der Waals surface area contributed by atoms with Gasteiger partial charge in [0, 0.05) is 71.9 Å². The van der Waals surface area contributed by atoms with Crippen molar-refractivity contribution in [2.24, 2.45) is 17.8 Å². The normalized spacial score (nSPS) is 12.6. The Morgan fingerprint density at radius 2 is 0.821 bits per heavy atom. The SMILES string of the molecule is CC(=O)[C@@H](C)CCCCNC(=O)CC[C@H](NC(=O)CC[C@H](CC(=O)COCCOCCNC(=O)COCCOCCNC(=O)CCC(CC(=O)CCCCCCCCCCCCCCCCC(=O)O)C(=O)O)C(=O)O)C(=O)O.[HH]. The lowest BCUT2D eigenvalue weighted by atomic mass is 9.94. The fourth-order valence-corrected chi connectivity index (χ4v) is 8.02. The van der Waals surface area contributed by atoms with Crippen LogP contribution in [0.1, 0.15) is 189 Å². The molecule has 0 aromatic heterocycles. The summed E-state index contributed by atoms with van der Waals surface area (Å²) in [6.45, 7) is 4.05. The quantitative estimate of drug-likeness (QED) is 0.0344. The van der Waals surface area contributed by atoms with Gasteiger partial charge in [0.05, 0.1) is 51.5 Å². The number of unbranched alkanes of at least 4 members (excludes halogenated alkanes) is 14. The molecule has 78 heavy (non-hydrogen) atoms. The Morgan fingerprint density at radius 1 is 0.397 bits per heavy atom. The molecule has 0 aromatic carbocycles. The first-order valence-electron chi connectivity index (χ1n) is 28.2. The molecule has 23 heteroatoms. The lowest BCUT2D eigenvalue weighted by Crippen LogP contribution is -2.42. The number of carboxylic acids is 4. The third kappa shape index (κ3) is 45.6. The predicted molar refractivity (Wildman–Crippen MR) is 288 cm³/mol. The Balaban J connectivity index is 0. The number of Topliss-reactive ketones (excluding diaryl/α,β-unsaturated/α-hetero) is 3. The number of carbonyl (C=O) groups is 11. The third-order valence-electron chi connectivity index (χ3n) is 12.9. The van der Waals surface area contributed by atoms with E-state index in [9.17, 15) is 68.1 Å². The minimum Gasteiger partial charge on any atom is -0.481 e. The van der Waals surface area contributed by atoms with E-state index in [1.54, 1.807) is 0 Å². The lowest BCUT2D eigenvalue weighted by Gasteiger charge is -2.16. The Bertz CT molecular complexity index is 1770. The molecule has 0 heterocycles. The van der Waals surface area contributed by atoms with Crippen molar-refractivity contribution < 1.29 is 93.5 Å². The highest BCUT2D eigenvalue weighted by atomic mass is 16.5. The minimum absolute atomic E-state index is 0. The number of amides is 4. The first kappa shape index (κ1) is 72.6. The second-order valence-electron chi connectivity index (χ2n) is 19.9. The number of carbonyl (C=O) groups excluding carboxylic acids is 7. The molecule has 0 saturated heterocycles. The maximum atomic E-state index is 12.5. The summed E-state index contributed by atoms with van der Waals surface area (Å²) < 4.78 is 21.3. The van der Waals surface area contributed by atoms with Gasteiger partial charge in [-0.3, -0.25) is 47.9 Å². The maximum Gasteiger partial charge on any atom is 0.326 e. The van der Waals surface area contributed by atoms with Crippen molar-refractivity contribution in [3.8, 4) is 0 Å². The van der Waals surface area contributed by atoms with Gasteiger partial charge < -0.3 is 60.6 Å². The van der Waals surface area contributed by atoms with Gasteiger partial charge in [0.1, 0.15) is 30.8 Å². The zero-order chi connectivity index (χ0) is 58.2. The van der Waals surface area contributed by atoms with E-state index >= 15 is 0 Å². The molecule has 0 aliphatic rings. The second kappa shape index (κ2) is 48.7. The fourth-order valence-electron chi connectivity index (χ4n) is 8.02. The summed E-state index contributed by atoms with van der Waals surface area (Å²) in [6, 6.07) is -1.37. The number of ketones is 3. The molecule has 4 amide bonds. The van der Waals surface area contributed by atoms with Crippen molar-refractivity contribution in [1.29, 1.82) is 0 Å². The largest absolute Gasteiger partial charge is 0.481 e. The Kier molecular flexibility index (Phi) is 45.3. The average molecular weight is 1120 g/mol. The number of rotatable bonds is 56. The smallest absolute Gasteiger partial charge is 0.326 e. The molecule has 4 atom stereocenters. The van der Waals surface area contributed by atoms with Gasteiger partial charge in [0.2, 0.25) is 23.6 Å². The Hall–Kier alpha value is -5.39. The maximum absolute atomic E-state index is 12.5. The summed E-state index contributed by atoms with van der Waals surface area (Å²) in [4.78, 5) is 131. The van der Waals surface area contributed by atoms with Gasteiger partial charge in [-0.05, 0) is 51.9 Å². The molecule has 1 unspecified atom stereocenters. The molecular weight excluding hydrogens is 1020 g/mol. The number of nitrogens with one attached hydrogen (secondary N) is 4. The van der Waals surface area contributed by atoms with Gasteiger partial charge in [-0.15, -0.1) is 0 Å². The molecule has 0 rings (SSSR count). The second-order valence-corrected chi connectivity index (χ2v) is 19.9. The summed E-state index contributed by atoms with van der Waals surface area (Å²) >= 11 is 0. The van der Waals surface area contributed by atoms with Crippen molar-refractivity contribution >= 4 is 64.9 Å². The van der Waals surface area contributed by atoms with Gasteiger partial charge in [0.25, 0.3) is 0 Å². The molecule has 0 saturated carbocycles. The van der Waals surface area contributed by atoms with Crippen LogP contribution in [-0.2, 0) is 71.7 Å². The van der Waals surface area contributed by atoms with Gasteiger partial charge in [-0.2, -0.15) is 0 Å². The average Bonchev–Trinajstić information content (AvgIpc) is 3.38. The van der Waals surface area contributed by atoms with Gasteiger partial charge in [-0.1, -0.05) is 90.4 Å². The molecule has 0 bridgehead atoms. The molecule has 0 aliphatic heterocycles. The van der Waals surface area contributed by atoms with E-state index in [-0.39, 0.29) is 136 Å². The van der Waals surface area contributed by atoms with Crippen LogP contribution in [0.15, 0.2) is 0 Å². The van der Waals surface area contributed by atoms with Crippen LogP contribution in [0.3, 0.4) is 0 Å². The van der Waals surface area contributed by atoms with E-state index in [0.29, 0.717) is 25.8 Å². The number of hydrogen-bond donors (Lipinski definition) is 8. The zero-order valence-corrected chi connectivity index (χ0v) is 46.6. The Labute approximate surface area is 462 Å². The van der Waals surface area contributed by atoms with Gasteiger partial charge in [-0.25, -0.2) is 4.79 Å². The zero-order valence-electron chi connectivity index (χ0n) is 46.6. The number of ether oxygens (including phenoxy) is 4. The van der Waals surface area contributed by atoms with Crippen LogP contribution >= 0.6 is 0 Å². The summed E-state index contributed by atoms with van der Waals surface area (Å²) in [5.41, 5.74) is 0. The van der Waals surface area contributed by atoms with Crippen molar-refractivity contribution in [1.82, 2.24) is 21.3 Å². The van der Waals surface area contributed by atoms with Crippen LogP contribution in [0.4, 0.5) is 0 Å². The van der Waals surface area contributed by atoms with Crippen molar-refractivity contribution in [2.45, 2.75) is 193 Å². The molecular formula is C55H96N4O19. The van der Waals surface area contributed by atoms with Gasteiger partial charge in [0.15, 0.2) is 5.78 Å². The highest BCUT2D eigenvalue weighted by Gasteiger charge is 2.26. The monoisotopic (exact) mass is 1120 g/mol. The number of hydrogen-bond acceptors (Lipinski definition) is 15. The molecule has 0 radical (unpaired) electrons. The fraction of sp³-hybridized carbons (Fsp3) is 0.800.